The number of phenolic OH excluding ortho intramolecular Hbond substituents is 1. The van der Waals surface area contributed by atoms with E-state index >= 15 is 0 Å². The minimum Gasteiger partial charge on any atom is -0.507 e. The van der Waals surface area contributed by atoms with Crippen LogP contribution in [0.15, 0.2) is 12.1 Å². The molecule has 2 aromatic rings. The third-order valence-electron chi connectivity index (χ3n) is 4.36. The number of hydrogen-bond acceptors (Lipinski definition) is 9. The maximum absolute atomic E-state index is 12.9. The van der Waals surface area contributed by atoms with Crippen molar-refractivity contribution >= 4 is 28.9 Å². The molecule has 0 saturated carbocycles. The van der Waals surface area contributed by atoms with Crippen molar-refractivity contribution < 1.29 is 39.5 Å². The molecule has 12 nitrogen and oxygen atoms in total. The van der Waals surface area contributed by atoms with Crippen molar-refractivity contribution in [2.75, 3.05) is 0 Å². The van der Waals surface area contributed by atoms with Gasteiger partial charge in [-0.05, 0) is 18.6 Å². The van der Waals surface area contributed by atoms with E-state index in [4.69, 9.17) is 0 Å². The average molecular weight is 388 g/mol. The van der Waals surface area contributed by atoms with E-state index in [1.807, 2.05) is 0 Å². The van der Waals surface area contributed by atoms with E-state index in [2.05, 4.69) is 0 Å². The molecule has 0 atom stereocenters. The summed E-state index contributed by atoms with van der Waals surface area (Å²) in [5.74, 6) is -6.53. The smallest absolute Gasteiger partial charge is 0.340 e. The fraction of sp³-hybridized carbons (Fsp3) is 0.0625. The van der Waals surface area contributed by atoms with Gasteiger partial charge in [-0.3, -0.25) is 29.8 Å². The highest BCUT2D eigenvalue weighted by molar-refractivity contribution is 6.33. The number of aromatic hydroxyl groups is 2. The van der Waals surface area contributed by atoms with Crippen LogP contribution in [0.4, 0.5) is 11.4 Å². The van der Waals surface area contributed by atoms with Gasteiger partial charge in [-0.25, -0.2) is 4.79 Å². The Hall–Kier alpha value is -4.35. The number of fused-ring (bicyclic) bond motifs is 2. The van der Waals surface area contributed by atoms with E-state index in [9.17, 15) is 49.9 Å². The molecular formula is C16H8N2O10. The summed E-state index contributed by atoms with van der Waals surface area (Å²) in [4.78, 5) is 57.6. The number of carboxylic acids is 1. The Kier molecular flexibility index (Phi) is 3.84. The summed E-state index contributed by atoms with van der Waals surface area (Å²) < 4.78 is 0. The first-order valence-corrected chi connectivity index (χ1v) is 7.37. The number of carbonyl (C=O) groups is 3. The first kappa shape index (κ1) is 18.4. The molecule has 12 heteroatoms. The van der Waals surface area contributed by atoms with Gasteiger partial charge in [-0.2, -0.15) is 0 Å². The number of rotatable bonds is 3. The summed E-state index contributed by atoms with van der Waals surface area (Å²) in [7, 11) is 0. The van der Waals surface area contributed by atoms with Crippen LogP contribution in [-0.4, -0.2) is 42.7 Å². The van der Waals surface area contributed by atoms with E-state index < -0.39 is 83.6 Å². The zero-order chi connectivity index (χ0) is 21.1. The van der Waals surface area contributed by atoms with Crippen molar-refractivity contribution in [2.45, 2.75) is 6.92 Å². The molecule has 0 spiro atoms. The average Bonchev–Trinajstić information content (AvgIpc) is 2.57. The fourth-order valence-corrected chi connectivity index (χ4v) is 3.23. The molecule has 0 heterocycles. The first-order chi connectivity index (χ1) is 13.0. The van der Waals surface area contributed by atoms with Gasteiger partial charge in [-0.15, -0.1) is 0 Å². The summed E-state index contributed by atoms with van der Waals surface area (Å²) in [5, 5.41) is 52.0. The van der Waals surface area contributed by atoms with Crippen LogP contribution in [0.2, 0.25) is 0 Å². The molecule has 28 heavy (non-hydrogen) atoms. The van der Waals surface area contributed by atoms with Gasteiger partial charge >= 0.3 is 11.7 Å². The summed E-state index contributed by atoms with van der Waals surface area (Å²) in [6.45, 7) is 1.04. The maximum atomic E-state index is 12.9. The lowest BCUT2D eigenvalue weighted by atomic mass is 9.78. The predicted octanol–water partition coefficient (Wildman–Crippen LogP) is 1.70. The summed E-state index contributed by atoms with van der Waals surface area (Å²) in [6, 6.07) is 1.55. The lowest BCUT2D eigenvalue weighted by Gasteiger charge is -2.21. The number of carboxylic acid groups (broad SMARTS) is 1. The van der Waals surface area contributed by atoms with Crippen LogP contribution in [0.1, 0.15) is 47.8 Å². The minimum absolute atomic E-state index is 0.458. The number of nitro groups is 2. The number of aromatic carboxylic acids is 1. The summed E-state index contributed by atoms with van der Waals surface area (Å²) in [6.07, 6.45) is 0. The van der Waals surface area contributed by atoms with Gasteiger partial charge in [0.15, 0.2) is 5.78 Å². The van der Waals surface area contributed by atoms with Gasteiger partial charge in [0.25, 0.3) is 5.69 Å². The Morgan fingerprint density at radius 2 is 1.50 bits per heavy atom. The molecular weight excluding hydrogens is 380 g/mol. The van der Waals surface area contributed by atoms with E-state index in [1.165, 1.54) is 0 Å². The lowest BCUT2D eigenvalue weighted by molar-refractivity contribution is -0.386. The SMILES string of the molecule is Cc1c(C(=O)O)c(O)c([N+](=O)[O-])c2c1C(=O)c1c(O)ccc([N+](=O)[O-])c1C2=O. The predicted molar refractivity (Wildman–Crippen MR) is 88.1 cm³/mol. The van der Waals surface area contributed by atoms with Gasteiger partial charge in [0.2, 0.25) is 11.5 Å². The molecule has 142 valence electrons. The third-order valence-corrected chi connectivity index (χ3v) is 4.36. The van der Waals surface area contributed by atoms with E-state index in [1.54, 1.807) is 0 Å². The quantitative estimate of drug-likeness (QED) is 0.438. The Labute approximate surface area is 153 Å². The standard InChI is InChI=1S/C16H8N2O10/c1-4-7-11(12(18(27)28)15(22)8(4)16(23)24)14(21)9-5(17(25)26)2-3-6(19)10(9)13(7)20/h2-3,19,22H,1H3,(H,23,24). The van der Waals surface area contributed by atoms with Crippen molar-refractivity contribution in [1.82, 2.24) is 0 Å². The monoisotopic (exact) mass is 388 g/mol. The second-order valence-electron chi connectivity index (χ2n) is 5.78. The van der Waals surface area contributed by atoms with E-state index in [-0.39, 0.29) is 0 Å². The van der Waals surface area contributed by atoms with Crippen LogP contribution in [0, 0.1) is 27.2 Å². The minimum atomic E-state index is -1.80. The van der Waals surface area contributed by atoms with Crippen LogP contribution < -0.4 is 0 Å². The van der Waals surface area contributed by atoms with Crippen molar-refractivity contribution in [3.8, 4) is 11.5 Å². The van der Waals surface area contributed by atoms with Crippen LogP contribution >= 0.6 is 0 Å². The van der Waals surface area contributed by atoms with Gasteiger partial charge in [0, 0.05) is 11.6 Å². The highest BCUT2D eigenvalue weighted by Crippen LogP contribution is 2.46. The second kappa shape index (κ2) is 5.84. The van der Waals surface area contributed by atoms with Gasteiger partial charge in [-0.1, -0.05) is 0 Å². The summed E-state index contributed by atoms with van der Waals surface area (Å²) in [5.41, 5.74) is -7.03. The third kappa shape index (κ3) is 2.21. The molecule has 0 fully saturated rings. The Morgan fingerprint density at radius 3 is 2.00 bits per heavy atom. The normalized spacial score (nSPS) is 12.3. The summed E-state index contributed by atoms with van der Waals surface area (Å²) >= 11 is 0. The number of ketones is 2. The number of benzene rings is 2. The van der Waals surface area contributed by atoms with Crippen molar-refractivity contribution in [2.24, 2.45) is 0 Å². The Bertz CT molecular complexity index is 1160. The van der Waals surface area contributed by atoms with Crippen molar-refractivity contribution in [1.29, 1.82) is 0 Å². The number of phenols is 2. The Balaban J connectivity index is 2.58. The fourth-order valence-electron chi connectivity index (χ4n) is 3.23. The number of hydrogen-bond donors (Lipinski definition) is 3. The van der Waals surface area contributed by atoms with E-state index in [0.29, 0.717) is 0 Å². The van der Waals surface area contributed by atoms with E-state index in [0.717, 1.165) is 19.1 Å². The molecule has 3 N–H and O–H groups in total. The Morgan fingerprint density at radius 1 is 0.929 bits per heavy atom. The molecule has 3 rings (SSSR count). The van der Waals surface area contributed by atoms with Crippen molar-refractivity contribution in [3.05, 3.63) is 65.7 Å². The van der Waals surface area contributed by atoms with Gasteiger partial charge < -0.3 is 15.3 Å². The number of nitro benzene ring substituents is 2. The largest absolute Gasteiger partial charge is 0.507 e. The molecule has 0 radical (unpaired) electrons. The number of carbonyl (C=O) groups excluding carboxylic acids is 2. The molecule has 0 aliphatic heterocycles. The molecule has 2 aromatic carbocycles. The molecule has 1 aliphatic carbocycles. The van der Waals surface area contributed by atoms with Crippen LogP contribution in [0.3, 0.4) is 0 Å². The van der Waals surface area contributed by atoms with Crippen LogP contribution in [-0.2, 0) is 0 Å². The molecule has 0 bridgehead atoms. The molecule has 1 aliphatic rings. The zero-order valence-corrected chi connectivity index (χ0v) is 13.7. The number of nitrogens with zero attached hydrogens (tertiary/aromatic N) is 2. The molecule has 0 saturated heterocycles. The second-order valence-corrected chi connectivity index (χ2v) is 5.78. The van der Waals surface area contributed by atoms with Crippen molar-refractivity contribution in [3.63, 3.8) is 0 Å². The molecule has 0 unspecified atom stereocenters. The zero-order valence-electron chi connectivity index (χ0n) is 13.7. The molecule has 0 aromatic heterocycles. The maximum Gasteiger partial charge on any atom is 0.340 e. The highest BCUT2D eigenvalue weighted by atomic mass is 16.6. The van der Waals surface area contributed by atoms with Gasteiger partial charge in [0.05, 0.1) is 15.4 Å². The van der Waals surface area contributed by atoms with Crippen LogP contribution in [0.5, 0.6) is 11.5 Å². The van der Waals surface area contributed by atoms with Crippen LogP contribution in [0.25, 0.3) is 0 Å². The van der Waals surface area contributed by atoms with Gasteiger partial charge in [0.1, 0.15) is 22.4 Å². The molecule has 0 amide bonds. The highest BCUT2D eigenvalue weighted by Gasteiger charge is 2.46. The first-order valence-electron chi connectivity index (χ1n) is 7.37. The lowest BCUT2D eigenvalue weighted by Crippen LogP contribution is -2.26. The topological polar surface area (TPSA) is 198 Å².